The Bertz CT molecular complexity index is 615. The van der Waals surface area contributed by atoms with Gasteiger partial charge >= 0.3 is 0 Å². The van der Waals surface area contributed by atoms with Gasteiger partial charge in [-0.15, -0.1) is 0 Å². The second kappa shape index (κ2) is 6.95. The minimum absolute atomic E-state index is 0.610. The Kier molecular flexibility index (Phi) is 4.94. The van der Waals surface area contributed by atoms with Crippen molar-refractivity contribution in [2.45, 2.75) is 59.8 Å². The van der Waals surface area contributed by atoms with Crippen molar-refractivity contribution < 1.29 is 4.74 Å². The van der Waals surface area contributed by atoms with E-state index < -0.39 is 0 Å². The van der Waals surface area contributed by atoms with Gasteiger partial charge in [0, 0.05) is 6.42 Å². The van der Waals surface area contributed by atoms with Crippen LogP contribution in [0.2, 0.25) is 0 Å². The summed E-state index contributed by atoms with van der Waals surface area (Å²) in [5, 5.41) is 0. The molecule has 23 heavy (non-hydrogen) atoms. The fraction of sp³-hybridized carbons (Fsp3) is 0.545. The van der Waals surface area contributed by atoms with Crippen molar-refractivity contribution in [2.24, 2.45) is 17.8 Å². The summed E-state index contributed by atoms with van der Waals surface area (Å²) < 4.78 is 6.18. The van der Waals surface area contributed by atoms with Crippen molar-refractivity contribution in [3.05, 3.63) is 52.8 Å². The molecule has 1 aromatic rings. The van der Waals surface area contributed by atoms with Gasteiger partial charge < -0.3 is 4.74 Å². The number of rotatable bonds is 3. The van der Waals surface area contributed by atoms with Crippen LogP contribution in [-0.4, -0.2) is 0 Å². The summed E-state index contributed by atoms with van der Waals surface area (Å²) in [6, 6.07) is 6.41. The van der Waals surface area contributed by atoms with Gasteiger partial charge in [-0.25, -0.2) is 0 Å². The summed E-state index contributed by atoms with van der Waals surface area (Å²) in [4.78, 5) is 0. The average molecular weight is 310 g/mol. The Balaban J connectivity index is 1.71. The summed E-state index contributed by atoms with van der Waals surface area (Å²) in [6.45, 7) is 9.01. The van der Waals surface area contributed by atoms with Gasteiger partial charge in [-0.05, 0) is 62.1 Å². The Morgan fingerprint density at radius 3 is 2.35 bits per heavy atom. The minimum Gasteiger partial charge on any atom is -0.461 e. The zero-order valence-corrected chi connectivity index (χ0v) is 15.1. The molecule has 2 aliphatic carbocycles. The van der Waals surface area contributed by atoms with E-state index in [1.807, 2.05) is 0 Å². The number of aryl methyl sites for hydroxylation is 2. The monoisotopic (exact) mass is 310 g/mol. The lowest BCUT2D eigenvalue weighted by Crippen LogP contribution is -2.20. The van der Waals surface area contributed by atoms with E-state index in [0.717, 1.165) is 29.8 Å². The predicted molar refractivity (Wildman–Crippen MR) is 97.6 cm³/mol. The Morgan fingerprint density at radius 2 is 1.70 bits per heavy atom. The van der Waals surface area contributed by atoms with E-state index in [1.165, 1.54) is 36.8 Å². The normalized spacial score (nSPS) is 28.1. The molecule has 2 aliphatic rings. The maximum atomic E-state index is 6.18. The molecule has 1 atom stereocenters. The van der Waals surface area contributed by atoms with E-state index in [2.05, 4.69) is 58.0 Å². The molecule has 0 spiro atoms. The lowest BCUT2D eigenvalue weighted by Gasteiger charge is -2.33. The Labute approximate surface area is 141 Å². The van der Waals surface area contributed by atoms with Crippen LogP contribution in [0.1, 0.15) is 57.1 Å². The third-order valence-corrected chi connectivity index (χ3v) is 5.60. The van der Waals surface area contributed by atoms with Crippen molar-refractivity contribution >= 4 is 0 Å². The number of ether oxygens (including phenoxy) is 1. The highest BCUT2D eigenvalue weighted by atomic mass is 16.5. The average Bonchev–Trinajstić information content (AvgIpc) is 2.51. The van der Waals surface area contributed by atoms with E-state index in [1.54, 1.807) is 5.57 Å². The highest BCUT2D eigenvalue weighted by Gasteiger charge is 2.26. The summed E-state index contributed by atoms with van der Waals surface area (Å²) >= 11 is 0. The van der Waals surface area contributed by atoms with Crippen LogP contribution >= 0.6 is 0 Å². The molecule has 3 rings (SSSR count). The van der Waals surface area contributed by atoms with Crippen molar-refractivity contribution in [1.29, 1.82) is 0 Å². The maximum Gasteiger partial charge on any atom is 0.129 e. The quantitative estimate of drug-likeness (QED) is 0.631. The molecule has 1 aromatic carbocycles. The second-order valence-electron chi connectivity index (χ2n) is 7.73. The summed E-state index contributed by atoms with van der Waals surface area (Å²) in [6.07, 6.45) is 11.1. The van der Waals surface area contributed by atoms with Crippen LogP contribution in [0.15, 0.2) is 41.7 Å². The minimum atomic E-state index is 0.610. The van der Waals surface area contributed by atoms with Gasteiger partial charge in [0.15, 0.2) is 0 Å². The van der Waals surface area contributed by atoms with E-state index in [-0.39, 0.29) is 0 Å². The molecular formula is C22H30O. The molecule has 0 amide bonds. The largest absolute Gasteiger partial charge is 0.461 e. The Morgan fingerprint density at radius 1 is 0.957 bits per heavy atom. The zero-order chi connectivity index (χ0) is 16.4. The van der Waals surface area contributed by atoms with E-state index >= 15 is 0 Å². The fourth-order valence-corrected chi connectivity index (χ4v) is 4.10. The van der Waals surface area contributed by atoms with Crippen LogP contribution in [0.5, 0.6) is 5.75 Å². The van der Waals surface area contributed by atoms with Gasteiger partial charge in [0.2, 0.25) is 0 Å². The molecule has 1 unspecified atom stereocenters. The van der Waals surface area contributed by atoms with Crippen molar-refractivity contribution in [3.8, 4) is 5.75 Å². The molecule has 0 bridgehead atoms. The van der Waals surface area contributed by atoms with Crippen LogP contribution in [0, 0.1) is 31.6 Å². The van der Waals surface area contributed by atoms with Crippen LogP contribution in [0.3, 0.4) is 0 Å². The smallest absolute Gasteiger partial charge is 0.129 e. The topological polar surface area (TPSA) is 9.23 Å². The number of hydrogen-bond donors (Lipinski definition) is 0. The first kappa shape index (κ1) is 16.4. The summed E-state index contributed by atoms with van der Waals surface area (Å²) in [5.74, 6) is 4.44. The second-order valence-corrected chi connectivity index (χ2v) is 7.73. The van der Waals surface area contributed by atoms with Gasteiger partial charge in [0.05, 0.1) is 0 Å². The van der Waals surface area contributed by atoms with Crippen LogP contribution in [0.25, 0.3) is 0 Å². The summed E-state index contributed by atoms with van der Waals surface area (Å²) in [7, 11) is 0. The molecule has 0 saturated heterocycles. The molecule has 0 N–H and O–H groups in total. The highest BCUT2D eigenvalue weighted by Crippen LogP contribution is 2.39. The van der Waals surface area contributed by atoms with E-state index in [9.17, 15) is 0 Å². The molecule has 1 heteroatoms. The number of allylic oxidation sites excluding steroid dienone is 4. The van der Waals surface area contributed by atoms with Crippen LogP contribution in [-0.2, 0) is 0 Å². The van der Waals surface area contributed by atoms with Crippen LogP contribution < -0.4 is 4.74 Å². The molecular weight excluding hydrogens is 280 g/mol. The predicted octanol–water partition coefficient (Wildman–Crippen LogP) is 6.36. The standard InChI is InChI=1S/C22H30O/c1-15-5-8-19(9-6-15)21-11-10-20(14-17(21)3)23-22-12-7-16(2)13-18(22)4/h7,10-13,15,17,19H,5-6,8-9,14H2,1-4H3. The van der Waals surface area contributed by atoms with Gasteiger partial charge in [0.25, 0.3) is 0 Å². The number of hydrogen-bond acceptors (Lipinski definition) is 1. The molecule has 0 aromatic heterocycles. The molecule has 1 fully saturated rings. The van der Waals surface area contributed by atoms with Gasteiger partial charge in [0.1, 0.15) is 11.5 Å². The zero-order valence-electron chi connectivity index (χ0n) is 15.1. The Hall–Kier alpha value is -1.50. The van der Waals surface area contributed by atoms with Gasteiger partial charge in [-0.3, -0.25) is 0 Å². The van der Waals surface area contributed by atoms with Crippen molar-refractivity contribution in [3.63, 3.8) is 0 Å². The summed E-state index contributed by atoms with van der Waals surface area (Å²) in [5.41, 5.74) is 4.16. The fourth-order valence-electron chi connectivity index (χ4n) is 4.10. The first-order valence-electron chi connectivity index (χ1n) is 9.18. The third-order valence-electron chi connectivity index (χ3n) is 5.60. The molecule has 1 saturated carbocycles. The molecule has 0 aliphatic heterocycles. The van der Waals surface area contributed by atoms with Gasteiger partial charge in [-0.2, -0.15) is 0 Å². The SMILES string of the molecule is Cc1ccc(OC2=CC=C(C3CCC(C)CC3)C(C)C2)c(C)c1. The van der Waals surface area contributed by atoms with Crippen LogP contribution in [0.4, 0.5) is 0 Å². The third kappa shape index (κ3) is 3.88. The van der Waals surface area contributed by atoms with Crippen molar-refractivity contribution in [2.75, 3.05) is 0 Å². The van der Waals surface area contributed by atoms with Crippen molar-refractivity contribution in [1.82, 2.24) is 0 Å². The lowest BCUT2D eigenvalue weighted by molar-refractivity contribution is 0.296. The molecule has 124 valence electrons. The lowest BCUT2D eigenvalue weighted by atomic mass is 9.74. The first-order valence-corrected chi connectivity index (χ1v) is 9.18. The van der Waals surface area contributed by atoms with E-state index in [0.29, 0.717) is 5.92 Å². The van der Waals surface area contributed by atoms with Gasteiger partial charge in [-0.1, -0.05) is 56.0 Å². The maximum absolute atomic E-state index is 6.18. The van der Waals surface area contributed by atoms with E-state index in [4.69, 9.17) is 4.74 Å². The molecule has 0 radical (unpaired) electrons. The molecule has 1 nitrogen and oxygen atoms in total. The highest BCUT2D eigenvalue weighted by molar-refractivity contribution is 5.38. The molecule has 0 heterocycles. The first-order chi connectivity index (χ1) is 11.0. The number of benzene rings is 1.